The smallest absolute Gasteiger partial charge is 0.328 e. The third kappa shape index (κ3) is 5.00. The summed E-state index contributed by atoms with van der Waals surface area (Å²) in [5, 5.41) is 11.3. The molecule has 0 aliphatic heterocycles. The average molecular weight is 330 g/mol. The van der Waals surface area contributed by atoms with E-state index >= 15 is 0 Å². The van der Waals surface area contributed by atoms with Crippen LogP contribution in [0.15, 0.2) is 22.7 Å². The molecule has 0 aliphatic carbocycles. The van der Waals surface area contributed by atoms with Crippen molar-refractivity contribution in [2.24, 2.45) is 0 Å². The summed E-state index contributed by atoms with van der Waals surface area (Å²) in [4.78, 5) is 22.6. The van der Waals surface area contributed by atoms with Crippen LogP contribution >= 0.6 is 15.9 Å². The van der Waals surface area contributed by atoms with Gasteiger partial charge in [-0.25, -0.2) is 4.79 Å². The van der Waals surface area contributed by atoms with Gasteiger partial charge in [0.1, 0.15) is 0 Å². The van der Waals surface area contributed by atoms with Gasteiger partial charge in [-0.2, -0.15) is 0 Å². The lowest BCUT2D eigenvalue weighted by molar-refractivity contribution is -0.143. The van der Waals surface area contributed by atoms with Gasteiger partial charge < -0.3 is 15.2 Å². The third-order valence-electron chi connectivity index (χ3n) is 2.57. The highest BCUT2D eigenvalue weighted by Gasteiger charge is 2.19. The molecular weight excluding hydrogens is 314 g/mol. The summed E-state index contributed by atoms with van der Waals surface area (Å²) in [6.07, 6.45) is 0.131. The van der Waals surface area contributed by atoms with E-state index in [1.54, 1.807) is 0 Å². The summed E-state index contributed by atoms with van der Waals surface area (Å²) < 4.78 is 5.67. The van der Waals surface area contributed by atoms with Crippen LogP contribution in [-0.2, 0) is 20.7 Å². The number of halogens is 1. The van der Waals surface area contributed by atoms with Crippen molar-refractivity contribution >= 4 is 27.8 Å². The Kier molecular flexibility index (Phi) is 5.98. The van der Waals surface area contributed by atoms with Crippen molar-refractivity contribution in [3.8, 4) is 0 Å². The lowest BCUT2D eigenvalue weighted by Crippen LogP contribution is -2.44. The molecule has 5 nitrogen and oxygen atoms in total. The molecule has 1 amide bonds. The normalized spacial score (nSPS) is 11.9. The minimum Gasteiger partial charge on any atom is -0.480 e. The molecule has 1 unspecified atom stereocenters. The molecular formula is C13H16BrNO4. The zero-order valence-electron chi connectivity index (χ0n) is 10.8. The van der Waals surface area contributed by atoms with Crippen molar-refractivity contribution < 1.29 is 19.4 Å². The molecule has 0 bridgehead atoms. The lowest BCUT2D eigenvalue weighted by Gasteiger charge is -2.13. The predicted molar refractivity (Wildman–Crippen MR) is 74.0 cm³/mol. The number of benzene rings is 1. The van der Waals surface area contributed by atoms with Crippen LogP contribution in [0, 0.1) is 6.92 Å². The standard InChI is InChI=1S/C13H16BrNO4/c1-8-3-4-9(5-10(8)14)6-12(16)15-11(7-19-2)13(17)18/h3-5,11H,6-7H2,1-2H3,(H,15,16)(H,17,18). The van der Waals surface area contributed by atoms with Gasteiger partial charge in [0.2, 0.25) is 5.91 Å². The van der Waals surface area contributed by atoms with Crippen molar-refractivity contribution in [1.82, 2.24) is 5.32 Å². The van der Waals surface area contributed by atoms with Crippen LogP contribution in [0.4, 0.5) is 0 Å². The lowest BCUT2D eigenvalue weighted by atomic mass is 10.1. The Hall–Kier alpha value is -1.40. The molecule has 19 heavy (non-hydrogen) atoms. The van der Waals surface area contributed by atoms with Crippen molar-refractivity contribution in [3.63, 3.8) is 0 Å². The fraction of sp³-hybridized carbons (Fsp3) is 0.385. The molecule has 2 N–H and O–H groups in total. The first kappa shape index (κ1) is 15.7. The molecule has 0 heterocycles. The van der Waals surface area contributed by atoms with Gasteiger partial charge in [0.15, 0.2) is 6.04 Å². The molecule has 1 aromatic rings. The fourth-order valence-corrected chi connectivity index (χ4v) is 1.94. The summed E-state index contributed by atoms with van der Waals surface area (Å²) in [6, 6.07) is 4.56. The zero-order chi connectivity index (χ0) is 14.4. The number of hydrogen-bond acceptors (Lipinski definition) is 3. The van der Waals surface area contributed by atoms with Gasteiger partial charge in [0.05, 0.1) is 13.0 Å². The average Bonchev–Trinajstić information content (AvgIpc) is 2.33. The Bertz CT molecular complexity index is 476. The van der Waals surface area contributed by atoms with E-state index in [1.807, 2.05) is 25.1 Å². The van der Waals surface area contributed by atoms with E-state index in [1.165, 1.54) is 7.11 Å². The summed E-state index contributed by atoms with van der Waals surface area (Å²) >= 11 is 3.39. The molecule has 6 heteroatoms. The maximum absolute atomic E-state index is 11.8. The zero-order valence-corrected chi connectivity index (χ0v) is 12.4. The molecule has 104 valence electrons. The molecule has 0 fully saturated rings. The van der Waals surface area contributed by atoms with Crippen LogP contribution in [0.1, 0.15) is 11.1 Å². The number of amides is 1. The van der Waals surface area contributed by atoms with Gasteiger partial charge in [0, 0.05) is 11.6 Å². The second-order valence-electron chi connectivity index (χ2n) is 4.17. The van der Waals surface area contributed by atoms with Crippen molar-refractivity contribution in [1.29, 1.82) is 0 Å². The van der Waals surface area contributed by atoms with Crippen molar-refractivity contribution in [2.45, 2.75) is 19.4 Å². The highest BCUT2D eigenvalue weighted by atomic mass is 79.9. The Morgan fingerprint density at radius 3 is 2.68 bits per heavy atom. The number of rotatable bonds is 6. The third-order valence-corrected chi connectivity index (χ3v) is 3.42. The number of methoxy groups -OCH3 is 1. The molecule has 0 saturated carbocycles. The van der Waals surface area contributed by atoms with Gasteiger partial charge >= 0.3 is 5.97 Å². The van der Waals surface area contributed by atoms with Crippen LogP contribution in [0.3, 0.4) is 0 Å². The van der Waals surface area contributed by atoms with Crippen LogP contribution < -0.4 is 5.32 Å². The second kappa shape index (κ2) is 7.25. The number of nitrogens with one attached hydrogen (secondary N) is 1. The molecule has 1 atom stereocenters. The van der Waals surface area contributed by atoms with Crippen molar-refractivity contribution in [3.05, 3.63) is 33.8 Å². The number of carboxylic acids is 1. The van der Waals surface area contributed by atoms with E-state index in [0.29, 0.717) is 0 Å². The summed E-state index contributed by atoms with van der Waals surface area (Å²) in [5.41, 5.74) is 1.89. The number of carbonyl (C=O) groups excluding carboxylic acids is 1. The van der Waals surface area contributed by atoms with E-state index in [2.05, 4.69) is 21.2 Å². The topological polar surface area (TPSA) is 75.6 Å². The van der Waals surface area contributed by atoms with E-state index < -0.39 is 12.0 Å². The number of hydrogen-bond donors (Lipinski definition) is 2. The minimum atomic E-state index is -1.11. The summed E-state index contributed by atoms with van der Waals surface area (Å²) in [7, 11) is 1.39. The fourth-order valence-electron chi connectivity index (χ4n) is 1.52. The van der Waals surface area contributed by atoms with Crippen molar-refractivity contribution in [2.75, 3.05) is 13.7 Å². The van der Waals surface area contributed by atoms with Crippen LogP contribution in [0.5, 0.6) is 0 Å². The first-order chi connectivity index (χ1) is 8.93. The number of aliphatic carboxylic acids is 1. The Morgan fingerprint density at radius 1 is 1.47 bits per heavy atom. The van der Waals surface area contributed by atoms with E-state index in [9.17, 15) is 9.59 Å². The molecule has 1 aromatic carbocycles. The number of carbonyl (C=O) groups is 2. The molecule has 0 aliphatic rings. The monoisotopic (exact) mass is 329 g/mol. The highest BCUT2D eigenvalue weighted by Crippen LogP contribution is 2.17. The van der Waals surface area contributed by atoms with E-state index in [0.717, 1.165) is 15.6 Å². The quantitative estimate of drug-likeness (QED) is 0.829. The largest absolute Gasteiger partial charge is 0.480 e. The molecule has 0 spiro atoms. The maximum Gasteiger partial charge on any atom is 0.328 e. The van der Waals surface area contributed by atoms with Crippen LogP contribution in [0.2, 0.25) is 0 Å². The Labute approximate surface area is 120 Å². The first-order valence-electron chi connectivity index (χ1n) is 5.70. The number of aryl methyl sites for hydroxylation is 1. The van der Waals surface area contributed by atoms with Gasteiger partial charge in [0.25, 0.3) is 0 Å². The van der Waals surface area contributed by atoms with Gasteiger partial charge in [-0.3, -0.25) is 4.79 Å². The summed E-state index contributed by atoms with van der Waals surface area (Å²) in [6.45, 7) is 1.89. The number of ether oxygens (including phenoxy) is 1. The molecule has 0 radical (unpaired) electrons. The molecule has 0 saturated heterocycles. The number of carboxylic acid groups (broad SMARTS) is 1. The maximum atomic E-state index is 11.8. The minimum absolute atomic E-state index is 0.0569. The van der Waals surface area contributed by atoms with Crippen LogP contribution in [-0.4, -0.2) is 36.7 Å². The molecule has 1 rings (SSSR count). The summed E-state index contributed by atoms with van der Waals surface area (Å²) in [5.74, 6) is -1.46. The SMILES string of the molecule is COCC(NC(=O)Cc1ccc(C)c(Br)c1)C(=O)O. The van der Waals surface area contributed by atoms with E-state index in [4.69, 9.17) is 9.84 Å². The predicted octanol–water partition coefficient (Wildman–Crippen LogP) is 1.52. The highest BCUT2D eigenvalue weighted by molar-refractivity contribution is 9.10. The second-order valence-corrected chi connectivity index (χ2v) is 5.03. The Balaban J connectivity index is 2.63. The van der Waals surface area contributed by atoms with Gasteiger partial charge in [-0.05, 0) is 24.1 Å². The first-order valence-corrected chi connectivity index (χ1v) is 6.49. The van der Waals surface area contributed by atoms with E-state index in [-0.39, 0.29) is 18.9 Å². The van der Waals surface area contributed by atoms with Gasteiger partial charge in [-0.1, -0.05) is 28.1 Å². The Morgan fingerprint density at radius 2 is 2.16 bits per heavy atom. The molecule has 0 aromatic heterocycles. The van der Waals surface area contributed by atoms with Gasteiger partial charge in [-0.15, -0.1) is 0 Å². The van der Waals surface area contributed by atoms with Crippen LogP contribution in [0.25, 0.3) is 0 Å².